The highest BCUT2D eigenvalue weighted by molar-refractivity contribution is 7.99. The fraction of sp³-hybridized carbons (Fsp3) is 0.0500. The van der Waals surface area contributed by atoms with Crippen molar-refractivity contribution in [2.45, 2.75) is 10.1 Å². The zero-order chi connectivity index (χ0) is 22.5. The molecule has 4 rings (SSSR count). The highest BCUT2D eigenvalue weighted by atomic mass is 32.2. The summed E-state index contributed by atoms with van der Waals surface area (Å²) in [6.45, 7) is 0. The van der Waals surface area contributed by atoms with Gasteiger partial charge in [-0.2, -0.15) is 0 Å². The molecule has 32 heavy (non-hydrogen) atoms. The number of nitro benzene ring substituents is 1. The van der Waals surface area contributed by atoms with Gasteiger partial charge in [-0.25, -0.2) is 4.68 Å². The number of nitro groups is 1. The third kappa shape index (κ3) is 4.87. The highest BCUT2D eigenvalue weighted by Gasteiger charge is 2.19. The number of anilines is 1. The van der Waals surface area contributed by atoms with Gasteiger partial charge in [-0.15, -0.1) is 5.10 Å². The fourth-order valence-corrected chi connectivity index (χ4v) is 3.49. The summed E-state index contributed by atoms with van der Waals surface area (Å²) < 4.78 is 7.12. The van der Waals surface area contributed by atoms with E-state index in [9.17, 15) is 14.9 Å². The van der Waals surface area contributed by atoms with Crippen molar-refractivity contribution in [3.8, 4) is 11.5 Å². The number of nitrogens with one attached hydrogen (secondary N) is 1. The van der Waals surface area contributed by atoms with E-state index in [4.69, 9.17) is 4.74 Å². The summed E-state index contributed by atoms with van der Waals surface area (Å²) in [6.07, 6.45) is 3.23. The number of aromatic nitrogens is 5. The Bertz CT molecular complexity index is 1260. The van der Waals surface area contributed by atoms with E-state index >= 15 is 0 Å². The molecule has 11 nitrogen and oxygen atoms in total. The van der Waals surface area contributed by atoms with Crippen LogP contribution in [-0.4, -0.2) is 36.0 Å². The van der Waals surface area contributed by atoms with Crippen LogP contribution in [-0.2, 0) is 7.05 Å². The average molecular weight is 449 g/mol. The number of amides is 1. The van der Waals surface area contributed by atoms with E-state index in [0.717, 1.165) is 11.8 Å². The quantitative estimate of drug-likeness (QED) is 0.330. The predicted molar refractivity (Wildman–Crippen MR) is 115 cm³/mol. The van der Waals surface area contributed by atoms with Gasteiger partial charge in [0.2, 0.25) is 5.16 Å². The number of nitrogens with zero attached hydrogens (tertiary/aromatic N) is 6. The molecule has 0 aliphatic rings. The van der Waals surface area contributed by atoms with Crippen LogP contribution < -0.4 is 10.1 Å². The van der Waals surface area contributed by atoms with Crippen molar-refractivity contribution in [1.82, 2.24) is 25.2 Å². The van der Waals surface area contributed by atoms with Crippen molar-refractivity contribution >= 4 is 29.0 Å². The second-order valence-corrected chi connectivity index (χ2v) is 7.40. The molecule has 1 N–H and O–H groups in total. The van der Waals surface area contributed by atoms with Crippen molar-refractivity contribution in [3.63, 3.8) is 0 Å². The first-order valence-electron chi connectivity index (χ1n) is 9.17. The van der Waals surface area contributed by atoms with Gasteiger partial charge in [0.1, 0.15) is 11.5 Å². The highest BCUT2D eigenvalue weighted by Crippen LogP contribution is 2.31. The number of ether oxygens (including phenoxy) is 1. The van der Waals surface area contributed by atoms with Gasteiger partial charge in [-0.05, 0) is 64.7 Å². The standard InChI is InChI=1S/C20H15N7O4S/c1-26-20(23-24-25-26)32-18-9-6-14(27(29)30)11-17(18)19(28)22-13-4-7-15(8-5-13)31-16-3-2-10-21-12-16/h2-12H,1H3,(H,22,28). The molecule has 12 heteroatoms. The molecule has 0 fully saturated rings. The van der Waals surface area contributed by atoms with Crippen LogP contribution in [0.5, 0.6) is 11.5 Å². The minimum atomic E-state index is -0.556. The Morgan fingerprint density at radius 1 is 1.16 bits per heavy atom. The molecule has 160 valence electrons. The molecule has 2 heterocycles. The molecular formula is C20H15N7O4S. The van der Waals surface area contributed by atoms with Crippen molar-refractivity contribution in [3.05, 3.63) is 82.7 Å². The predicted octanol–water partition coefficient (Wildman–Crippen LogP) is 3.71. The lowest BCUT2D eigenvalue weighted by molar-refractivity contribution is -0.384. The number of carbonyl (C=O) groups excluding carboxylic acids is 1. The largest absolute Gasteiger partial charge is 0.456 e. The van der Waals surface area contributed by atoms with Crippen molar-refractivity contribution < 1.29 is 14.5 Å². The van der Waals surface area contributed by atoms with Crippen LogP contribution in [0.25, 0.3) is 0 Å². The van der Waals surface area contributed by atoms with Crippen molar-refractivity contribution in [1.29, 1.82) is 0 Å². The van der Waals surface area contributed by atoms with Gasteiger partial charge in [-0.1, -0.05) is 0 Å². The zero-order valence-electron chi connectivity index (χ0n) is 16.6. The third-order valence-corrected chi connectivity index (χ3v) is 5.29. The maximum Gasteiger partial charge on any atom is 0.270 e. The van der Waals surface area contributed by atoms with E-state index in [0.29, 0.717) is 27.2 Å². The van der Waals surface area contributed by atoms with Crippen LogP contribution in [0.1, 0.15) is 10.4 Å². The van der Waals surface area contributed by atoms with E-state index in [-0.39, 0.29) is 11.3 Å². The lowest BCUT2D eigenvalue weighted by Gasteiger charge is -2.10. The SMILES string of the molecule is Cn1nnnc1Sc1ccc([N+](=O)[O-])cc1C(=O)Nc1ccc(Oc2cccnc2)cc1. The van der Waals surface area contributed by atoms with Crippen LogP contribution in [0.3, 0.4) is 0 Å². The van der Waals surface area contributed by atoms with E-state index in [1.54, 1.807) is 55.8 Å². The zero-order valence-corrected chi connectivity index (χ0v) is 17.4. The second-order valence-electron chi connectivity index (χ2n) is 6.39. The van der Waals surface area contributed by atoms with Gasteiger partial charge in [0.25, 0.3) is 11.6 Å². The molecule has 0 radical (unpaired) electrons. The van der Waals surface area contributed by atoms with Crippen molar-refractivity contribution in [2.24, 2.45) is 7.05 Å². The Hall–Kier alpha value is -4.32. The molecule has 0 aliphatic heterocycles. The molecule has 0 saturated carbocycles. The lowest BCUT2D eigenvalue weighted by Crippen LogP contribution is -2.13. The number of carbonyl (C=O) groups is 1. The minimum absolute atomic E-state index is 0.128. The van der Waals surface area contributed by atoms with Gasteiger partial charge in [0.15, 0.2) is 0 Å². The first-order chi connectivity index (χ1) is 15.5. The number of hydrogen-bond acceptors (Lipinski definition) is 9. The number of non-ortho nitro benzene ring substituents is 1. The van der Waals surface area contributed by atoms with E-state index < -0.39 is 10.8 Å². The first-order valence-corrected chi connectivity index (χ1v) is 9.99. The molecule has 0 aliphatic carbocycles. The molecular weight excluding hydrogens is 434 g/mol. The Morgan fingerprint density at radius 2 is 1.97 bits per heavy atom. The molecule has 0 saturated heterocycles. The molecule has 0 bridgehead atoms. The monoisotopic (exact) mass is 449 g/mol. The number of pyridine rings is 1. The molecule has 2 aromatic heterocycles. The van der Waals surface area contributed by atoms with Gasteiger partial charge in [0.05, 0.1) is 16.7 Å². The van der Waals surface area contributed by atoms with Gasteiger partial charge >= 0.3 is 0 Å². The molecule has 0 atom stereocenters. The van der Waals surface area contributed by atoms with E-state index in [2.05, 4.69) is 25.8 Å². The number of aryl methyl sites for hydroxylation is 1. The van der Waals surface area contributed by atoms with Crippen LogP contribution in [0, 0.1) is 10.1 Å². The molecule has 4 aromatic rings. The topological polar surface area (TPSA) is 138 Å². The summed E-state index contributed by atoms with van der Waals surface area (Å²) in [4.78, 5) is 28.1. The Kier molecular flexibility index (Phi) is 6.03. The second kappa shape index (κ2) is 9.22. The van der Waals surface area contributed by atoms with Gasteiger partial charge in [0, 0.05) is 36.0 Å². The average Bonchev–Trinajstić information content (AvgIpc) is 3.20. The van der Waals surface area contributed by atoms with Gasteiger partial charge < -0.3 is 10.1 Å². The Labute approximate surface area is 185 Å². The van der Waals surface area contributed by atoms with E-state index in [1.165, 1.54) is 22.9 Å². The summed E-state index contributed by atoms with van der Waals surface area (Å²) in [5.41, 5.74) is 0.426. The molecule has 2 aromatic carbocycles. The van der Waals surface area contributed by atoms with E-state index in [1.807, 2.05) is 0 Å². The van der Waals surface area contributed by atoms with Crippen LogP contribution in [0.4, 0.5) is 11.4 Å². The maximum atomic E-state index is 13.0. The summed E-state index contributed by atoms with van der Waals surface area (Å²) in [6, 6.07) is 14.3. The Balaban J connectivity index is 1.54. The normalized spacial score (nSPS) is 10.5. The smallest absolute Gasteiger partial charge is 0.270 e. The van der Waals surface area contributed by atoms with Crippen LogP contribution >= 0.6 is 11.8 Å². The van der Waals surface area contributed by atoms with Crippen molar-refractivity contribution in [2.75, 3.05) is 5.32 Å². The molecule has 0 spiro atoms. The molecule has 0 unspecified atom stereocenters. The summed E-state index contributed by atoms with van der Waals surface area (Å²) in [7, 11) is 1.66. The summed E-state index contributed by atoms with van der Waals surface area (Å²) >= 11 is 1.13. The Morgan fingerprint density at radius 3 is 2.62 bits per heavy atom. The summed E-state index contributed by atoms with van der Waals surface area (Å²) in [5, 5.41) is 25.6. The lowest BCUT2D eigenvalue weighted by atomic mass is 10.2. The van der Waals surface area contributed by atoms with Crippen LogP contribution in [0.15, 0.2) is 77.0 Å². The fourth-order valence-electron chi connectivity index (χ4n) is 2.65. The number of tetrazole rings is 1. The third-order valence-electron chi connectivity index (χ3n) is 4.18. The number of hydrogen-bond donors (Lipinski definition) is 1. The maximum absolute atomic E-state index is 13.0. The van der Waals surface area contributed by atoms with Gasteiger partial charge in [-0.3, -0.25) is 19.9 Å². The summed E-state index contributed by atoms with van der Waals surface area (Å²) in [5.74, 6) is 0.644. The minimum Gasteiger partial charge on any atom is -0.456 e. The molecule has 1 amide bonds. The van der Waals surface area contributed by atoms with Crippen LogP contribution in [0.2, 0.25) is 0 Å². The number of rotatable bonds is 7. The number of benzene rings is 2. The first kappa shape index (κ1) is 20.9.